The zero-order valence-electron chi connectivity index (χ0n) is 10.4. The summed E-state index contributed by atoms with van der Waals surface area (Å²) in [6, 6.07) is 2.04. The zero-order valence-corrected chi connectivity index (χ0v) is 10.4. The highest BCUT2D eigenvalue weighted by molar-refractivity contribution is 5.64. The van der Waals surface area contributed by atoms with Gasteiger partial charge in [0, 0.05) is 13.2 Å². The molecule has 0 amide bonds. The fourth-order valence-electron chi connectivity index (χ4n) is 2.42. The van der Waals surface area contributed by atoms with Crippen molar-refractivity contribution in [1.29, 1.82) is 0 Å². The van der Waals surface area contributed by atoms with Gasteiger partial charge >= 0.3 is 0 Å². The van der Waals surface area contributed by atoms with Crippen LogP contribution in [0.5, 0.6) is 0 Å². The van der Waals surface area contributed by atoms with Gasteiger partial charge in [-0.2, -0.15) is 0 Å². The van der Waals surface area contributed by atoms with Gasteiger partial charge in [0.1, 0.15) is 0 Å². The van der Waals surface area contributed by atoms with E-state index in [-0.39, 0.29) is 0 Å². The van der Waals surface area contributed by atoms with Gasteiger partial charge in [0.05, 0.1) is 41.8 Å². The second-order valence-electron chi connectivity index (χ2n) is 4.82. The van der Waals surface area contributed by atoms with E-state index >= 15 is 0 Å². The number of fused-ring (bicyclic) bond motifs is 3. The number of imidazole rings is 1. The van der Waals surface area contributed by atoms with Gasteiger partial charge in [-0.25, -0.2) is 4.98 Å². The maximum atomic E-state index is 4.55. The predicted octanol–water partition coefficient (Wildman–Crippen LogP) is 2.34. The number of nitrogens with zero attached hydrogens (tertiary/aromatic N) is 4. The van der Waals surface area contributed by atoms with E-state index < -0.39 is 0 Å². The minimum atomic E-state index is 0.461. The molecule has 2 aromatic heterocycles. The third-order valence-corrected chi connectivity index (χ3v) is 3.28. The van der Waals surface area contributed by atoms with Crippen molar-refractivity contribution in [2.75, 3.05) is 11.9 Å². The lowest BCUT2D eigenvalue weighted by atomic mass is 10.1. The van der Waals surface area contributed by atoms with E-state index in [1.165, 1.54) is 17.1 Å². The van der Waals surface area contributed by atoms with Gasteiger partial charge in [0.15, 0.2) is 0 Å². The van der Waals surface area contributed by atoms with Gasteiger partial charge in [-0.1, -0.05) is 13.8 Å². The fraction of sp³-hybridized carbons (Fsp3) is 0.385. The molecule has 0 aromatic carbocycles. The molecule has 1 aliphatic heterocycles. The van der Waals surface area contributed by atoms with Gasteiger partial charge in [-0.3, -0.25) is 9.55 Å². The lowest BCUT2D eigenvalue weighted by molar-refractivity contribution is 0.754. The summed E-state index contributed by atoms with van der Waals surface area (Å²) in [6.07, 6.45) is 5.67. The maximum absolute atomic E-state index is 4.55. The molecule has 3 heterocycles. The predicted molar refractivity (Wildman–Crippen MR) is 67.6 cm³/mol. The number of rotatable bonds is 1. The van der Waals surface area contributed by atoms with E-state index in [0.29, 0.717) is 5.92 Å². The molecule has 4 heteroatoms. The monoisotopic (exact) mass is 228 g/mol. The van der Waals surface area contributed by atoms with Gasteiger partial charge in [-0.15, -0.1) is 0 Å². The summed E-state index contributed by atoms with van der Waals surface area (Å²) >= 11 is 0. The van der Waals surface area contributed by atoms with Gasteiger partial charge in [0.2, 0.25) is 0 Å². The molecule has 4 nitrogen and oxygen atoms in total. The van der Waals surface area contributed by atoms with Crippen molar-refractivity contribution in [2.45, 2.75) is 26.3 Å². The average molecular weight is 228 g/mol. The Bertz CT molecular complexity index is 556. The molecule has 0 unspecified atom stereocenters. The Kier molecular flexibility index (Phi) is 2.18. The Labute approximate surface area is 101 Å². The summed E-state index contributed by atoms with van der Waals surface area (Å²) in [6.45, 7) is 5.27. The van der Waals surface area contributed by atoms with Crippen molar-refractivity contribution in [2.24, 2.45) is 0 Å². The van der Waals surface area contributed by atoms with Crippen LogP contribution in [0.15, 0.2) is 24.8 Å². The Balaban J connectivity index is 2.22. The van der Waals surface area contributed by atoms with Crippen molar-refractivity contribution in [3.05, 3.63) is 36.2 Å². The summed E-state index contributed by atoms with van der Waals surface area (Å²) in [5, 5.41) is 0. The van der Waals surface area contributed by atoms with Crippen LogP contribution < -0.4 is 4.90 Å². The molecule has 1 aliphatic rings. The van der Waals surface area contributed by atoms with E-state index in [4.69, 9.17) is 0 Å². The van der Waals surface area contributed by atoms with Crippen LogP contribution in [0.25, 0.3) is 5.69 Å². The lowest BCUT2D eigenvalue weighted by Gasteiger charge is -2.29. The second kappa shape index (κ2) is 3.58. The smallest absolute Gasteiger partial charge is 0.0999 e. The largest absolute Gasteiger partial charge is 0.366 e. The minimum Gasteiger partial charge on any atom is -0.366 e. The lowest BCUT2D eigenvalue weighted by Crippen LogP contribution is -2.26. The number of hydrogen-bond donors (Lipinski definition) is 0. The van der Waals surface area contributed by atoms with Crippen LogP contribution in [0.4, 0.5) is 5.69 Å². The molecule has 0 atom stereocenters. The highest BCUT2D eigenvalue weighted by Gasteiger charge is 2.23. The summed E-state index contributed by atoms with van der Waals surface area (Å²) < 4.78 is 2.19. The quantitative estimate of drug-likeness (QED) is 0.751. The first-order chi connectivity index (χ1) is 8.18. The van der Waals surface area contributed by atoms with Crippen LogP contribution in [0, 0.1) is 0 Å². The van der Waals surface area contributed by atoms with Crippen LogP contribution in [0.1, 0.15) is 31.2 Å². The number of hydrogen-bond acceptors (Lipinski definition) is 3. The van der Waals surface area contributed by atoms with Crippen LogP contribution in [0.2, 0.25) is 0 Å². The van der Waals surface area contributed by atoms with Crippen molar-refractivity contribution < 1.29 is 0 Å². The van der Waals surface area contributed by atoms with Gasteiger partial charge in [0.25, 0.3) is 0 Å². The van der Waals surface area contributed by atoms with Crippen molar-refractivity contribution in [3.8, 4) is 5.69 Å². The molecule has 0 saturated carbocycles. The number of pyridine rings is 1. The molecule has 0 saturated heterocycles. The molecule has 0 spiro atoms. The van der Waals surface area contributed by atoms with Gasteiger partial charge in [-0.05, 0) is 12.0 Å². The van der Waals surface area contributed by atoms with Crippen LogP contribution in [-0.4, -0.2) is 21.6 Å². The SMILES string of the molecule is CC(C)c1ncn2c1CN(C)c1cnccc1-2. The average Bonchev–Trinajstić information content (AvgIpc) is 2.73. The molecule has 88 valence electrons. The van der Waals surface area contributed by atoms with Crippen molar-refractivity contribution in [1.82, 2.24) is 14.5 Å². The van der Waals surface area contributed by atoms with E-state index in [1.807, 2.05) is 24.8 Å². The highest BCUT2D eigenvalue weighted by Crippen LogP contribution is 2.32. The molecule has 0 fully saturated rings. The first kappa shape index (κ1) is 10.3. The van der Waals surface area contributed by atoms with Crippen LogP contribution in [0.3, 0.4) is 0 Å². The third kappa shape index (κ3) is 1.44. The molecule has 0 N–H and O–H groups in total. The first-order valence-electron chi connectivity index (χ1n) is 5.90. The summed E-state index contributed by atoms with van der Waals surface area (Å²) in [5.41, 5.74) is 4.82. The summed E-state index contributed by atoms with van der Waals surface area (Å²) in [5.74, 6) is 0.461. The molecule has 0 aliphatic carbocycles. The molecule has 0 bridgehead atoms. The van der Waals surface area contributed by atoms with Crippen LogP contribution >= 0.6 is 0 Å². The fourth-order valence-corrected chi connectivity index (χ4v) is 2.42. The number of anilines is 1. The standard InChI is InChI=1S/C13H16N4/c1-9(2)13-12-7-16(3)11-6-14-5-4-10(11)17(12)8-15-13/h4-6,8-9H,7H2,1-3H3. The van der Waals surface area contributed by atoms with Gasteiger partial charge < -0.3 is 4.90 Å². The maximum Gasteiger partial charge on any atom is 0.0999 e. The Morgan fingerprint density at radius 2 is 2.12 bits per heavy atom. The normalized spacial score (nSPS) is 13.8. The molecule has 0 radical (unpaired) electrons. The summed E-state index contributed by atoms with van der Waals surface area (Å²) in [4.78, 5) is 11.0. The van der Waals surface area contributed by atoms with Crippen molar-refractivity contribution >= 4 is 5.69 Å². The second-order valence-corrected chi connectivity index (χ2v) is 4.82. The Morgan fingerprint density at radius 1 is 1.29 bits per heavy atom. The van der Waals surface area contributed by atoms with E-state index in [2.05, 4.69) is 40.3 Å². The molecular weight excluding hydrogens is 212 g/mol. The zero-order chi connectivity index (χ0) is 12.0. The first-order valence-corrected chi connectivity index (χ1v) is 5.90. The molecular formula is C13H16N4. The summed E-state index contributed by atoms with van der Waals surface area (Å²) in [7, 11) is 2.10. The minimum absolute atomic E-state index is 0.461. The Morgan fingerprint density at radius 3 is 2.88 bits per heavy atom. The highest BCUT2D eigenvalue weighted by atomic mass is 15.2. The topological polar surface area (TPSA) is 34.0 Å². The Hall–Kier alpha value is -1.84. The van der Waals surface area contributed by atoms with Crippen molar-refractivity contribution in [3.63, 3.8) is 0 Å². The van der Waals surface area contributed by atoms with E-state index in [1.54, 1.807) is 0 Å². The third-order valence-electron chi connectivity index (χ3n) is 3.28. The number of aromatic nitrogens is 3. The van der Waals surface area contributed by atoms with E-state index in [0.717, 1.165) is 12.2 Å². The van der Waals surface area contributed by atoms with E-state index in [9.17, 15) is 0 Å². The molecule has 2 aromatic rings. The molecule has 3 rings (SSSR count). The van der Waals surface area contributed by atoms with Crippen LogP contribution in [-0.2, 0) is 6.54 Å². The molecule has 17 heavy (non-hydrogen) atoms.